The van der Waals surface area contributed by atoms with Gasteiger partial charge in [-0.25, -0.2) is 4.98 Å². The quantitative estimate of drug-likeness (QED) is 0.794. The number of rotatable bonds is 5. The van der Waals surface area contributed by atoms with E-state index in [9.17, 15) is 4.79 Å². The molecule has 0 aliphatic heterocycles. The maximum atomic E-state index is 11.5. The SMILES string of the molecule is CC(=O)c1cccc(Nc2nc(C)cc(NC3CCCCC3)n2)c1. The van der Waals surface area contributed by atoms with Crippen molar-refractivity contribution in [2.45, 2.75) is 52.0 Å². The van der Waals surface area contributed by atoms with Crippen molar-refractivity contribution in [2.75, 3.05) is 10.6 Å². The van der Waals surface area contributed by atoms with Crippen molar-refractivity contribution in [3.63, 3.8) is 0 Å². The number of carbonyl (C=O) groups excluding carboxylic acids is 1. The topological polar surface area (TPSA) is 66.9 Å². The molecule has 1 fully saturated rings. The highest BCUT2D eigenvalue weighted by molar-refractivity contribution is 5.95. The van der Waals surface area contributed by atoms with E-state index in [2.05, 4.69) is 20.6 Å². The Hall–Kier alpha value is -2.43. The molecule has 126 valence electrons. The molecular weight excluding hydrogens is 300 g/mol. The number of aryl methyl sites for hydroxylation is 1. The average molecular weight is 324 g/mol. The number of nitrogens with zero attached hydrogens (tertiary/aromatic N) is 2. The Balaban J connectivity index is 1.75. The van der Waals surface area contributed by atoms with Crippen molar-refractivity contribution in [1.82, 2.24) is 9.97 Å². The number of ketones is 1. The smallest absolute Gasteiger partial charge is 0.229 e. The first-order valence-corrected chi connectivity index (χ1v) is 8.60. The third-order valence-electron chi connectivity index (χ3n) is 4.34. The van der Waals surface area contributed by atoms with Gasteiger partial charge in [-0.15, -0.1) is 0 Å². The van der Waals surface area contributed by atoms with Crippen molar-refractivity contribution < 1.29 is 4.79 Å². The van der Waals surface area contributed by atoms with Crippen LogP contribution < -0.4 is 10.6 Å². The van der Waals surface area contributed by atoms with Gasteiger partial charge in [0.1, 0.15) is 5.82 Å². The summed E-state index contributed by atoms with van der Waals surface area (Å²) < 4.78 is 0. The molecule has 1 aromatic carbocycles. The molecule has 5 heteroatoms. The number of nitrogens with one attached hydrogen (secondary N) is 2. The Labute approximate surface area is 142 Å². The first-order chi connectivity index (χ1) is 11.6. The van der Waals surface area contributed by atoms with E-state index in [1.807, 2.05) is 31.2 Å². The molecule has 0 spiro atoms. The van der Waals surface area contributed by atoms with Crippen LogP contribution in [0.1, 0.15) is 55.1 Å². The van der Waals surface area contributed by atoms with Gasteiger partial charge >= 0.3 is 0 Å². The van der Waals surface area contributed by atoms with Gasteiger partial charge in [0.25, 0.3) is 0 Å². The molecule has 5 nitrogen and oxygen atoms in total. The minimum absolute atomic E-state index is 0.0449. The second-order valence-corrected chi connectivity index (χ2v) is 6.46. The lowest BCUT2D eigenvalue weighted by molar-refractivity contribution is 0.101. The molecule has 2 aromatic rings. The summed E-state index contributed by atoms with van der Waals surface area (Å²) in [5, 5.41) is 6.74. The molecule has 1 saturated carbocycles. The molecule has 1 aliphatic carbocycles. The summed E-state index contributed by atoms with van der Waals surface area (Å²) in [5.74, 6) is 1.46. The van der Waals surface area contributed by atoms with Crippen LogP contribution in [0.5, 0.6) is 0 Å². The van der Waals surface area contributed by atoms with Crippen LogP contribution in [0.4, 0.5) is 17.5 Å². The summed E-state index contributed by atoms with van der Waals surface area (Å²) in [6, 6.07) is 9.87. The summed E-state index contributed by atoms with van der Waals surface area (Å²) in [6.45, 7) is 3.53. The number of carbonyl (C=O) groups is 1. The predicted molar refractivity (Wildman–Crippen MR) is 97.0 cm³/mol. The van der Waals surface area contributed by atoms with E-state index in [0.29, 0.717) is 17.6 Å². The Kier molecular flexibility index (Phi) is 5.08. The summed E-state index contributed by atoms with van der Waals surface area (Å²) in [4.78, 5) is 20.5. The zero-order chi connectivity index (χ0) is 16.9. The van der Waals surface area contributed by atoms with Gasteiger partial charge in [-0.05, 0) is 38.8 Å². The summed E-state index contributed by atoms with van der Waals surface area (Å²) in [7, 11) is 0. The van der Waals surface area contributed by atoms with E-state index in [-0.39, 0.29) is 5.78 Å². The van der Waals surface area contributed by atoms with Crippen molar-refractivity contribution in [3.8, 4) is 0 Å². The van der Waals surface area contributed by atoms with E-state index >= 15 is 0 Å². The number of hydrogen-bond acceptors (Lipinski definition) is 5. The van der Waals surface area contributed by atoms with Gasteiger partial charge in [0.2, 0.25) is 5.95 Å². The first kappa shape index (κ1) is 16.4. The van der Waals surface area contributed by atoms with Crippen molar-refractivity contribution >= 4 is 23.2 Å². The minimum Gasteiger partial charge on any atom is -0.367 e. The first-order valence-electron chi connectivity index (χ1n) is 8.60. The Morgan fingerprint density at radius 2 is 1.92 bits per heavy atom. The van der Waals surface area contributed by atoms with Crippen LogP contribution in [-0.4, -0.2) is 21.8 Å². The number of hydrogen-bond donors (Lipinski definition) is 2. The van der Waals surface area contributed by atoms with Crippen LogP contribution in [-0.2, 0) is 0 Å². The second kappa shape index (κ2) is 7.43. The lowest BCUT2D eigenvalue weighted by Gasteiger charge is -2.23. The van der Waals surface area contributed by atoms with Crippen molar-refractivity contribution in [3.05, 3.63) is 41.6 Å². The van der Waals surface area contributed by atoms with E-state index in [4.69, 9.17) is 0 Å². The fourth-order valence-corrected chi connectivity index (χ4v) is 3.10. The standard InChI is InChI=1S/C19H24N4O/c1-13-11-18(21-16-8-4-3-5-9-16)23-19(20-13)22-17-10-6-7-15(12-17)14(2)24/h6-7,10-12,16H,3-5,8-9H2,1-2H3,(H2,20,21,22,23). The van der Waals surface area contributed by atoms with Crippen LogP contribution in [0.3, 0.4) is 0 Å². The lowest BCUT2D eigenvalue weighted by atomic mass is 9.95. The Morgan fingerprint density at radius 1 is 1.12 bits per heavy atom. The number of benzene rings is 1. The summed E-state index contributed by atoms with van der Waals surface area (Å²) >= 11 is 0. The minimum atomic E-state index is 0.0449. The van der Waals surface area contributed by atoms with Crippen LogP contribution in [0.25, 0.3) is 0 Å². The van der Waals surface area contributed by atoms with Gasteiger partial charge in [-0.3, -0.25) is 4.79 Å². The Bertz CT molecular complexity index is 723. The highest BCUT2D eigenvalue weighted by atomic mass is 16.1. The second-order valence-electron chi connectivity index (χ2n) is 6.46. The molecule has 2 N–H and O–H groups in total. The molecule has 0 saturated heterocycles. The molecule has 0 amide bonds. The Morgan fingerprint density at radius 3 is 2.67 bits per heavy atom. The van der Waals surface area contributed by atoms with Crippen LogP contribution >= 0.6 is 0 Å². The zero-order valence-corrected chi connectivity index (χ0v) is 14.3. The number of Topliss-reactive ketones (excluding diaryl/α,β-unsaturated/α-hetero) is 1. The number of anilines is 3. The van der Waals surface area contributed by atoms with Gasteiger partial charge in [0.05, 0.1) is 0 Å². The van der Waals surface area contributed by atoms with Gasteiger partial charge in [0, 0.05) is 29.1 Å². The summed E-state index contributed by atoms with van der Waals surface area (Å²) in [5.41, 5.74) is 2.40. The molecular formula is C19H24N4O. The number of aromatic nitrogens is 2. The maximum absolute atomic E-state index is 11.5. The van der Waals surface area contributed by atoms with Gasteiger partial charge in [0.15, 0.2) is 5.78 Å². The van der Waals surface area contributed by atoms with E-state index in [1.54, 1.807) is 13.0 Å². The largest absolute Gasteiger partial charge is 0.367 e. The third-order valence-corrected chi connectivity index (χ3v) is 4.34. The molecule has 3 rings (SSSR count). The van der Waals surface area contributed by atoms with Gasteiger partial charge in [-0.2, -0.15) is 4.98 Å². The normalized spacial score (nSPS) is 15.1. The van der Waals surface area contributed by atoms with Gasteiger partial charge in [-0.1, -0.05) is 31.4 Å². The van der Waals surface area contributed by atoms with E-state index < -0.39 is 0 Å². The average Bonchev–Trinajstić information content (AvgIpc) is 2.55. The fraction of sp³-hybridized carbons (Fsp3) is 0.421. The van der Waals surface area contributed by atoms with Crippen molar-refractivity contribution in [2.24, 2.45) is 0 Å². The molecule has 24 heavy (non-hydrogen) atoms. The van der Waals surface area contributed by atoms with E-state index in [0.717, 1.165) is 17.2 Å². The van der Waals surface area contributed by atoms with Crippen LogP contribution in [0, 0.1) is 6.92 Å². The highest BCUT2D eigenvalue weighted by Crippen LogP contribution is 2.22. The molecule has 0 atom stereocenters. The molecule has 0 radical (unpaired) electrons. The maximum Gasteiger partial charge on any atom is 0.229 e. The highest BCUT2D eigenvalue weighted by Gasteiger charge is 2.14. The molecule has 1 aliphatic rings. The summed E-state index contributed by atoms with van der Waals surface area (Å²) in [6.07, 6.45) is 6.30. The molecule has 1 heterocycles. The van der Waals surface area contributed by atoms with Crippen LogP contribution in [0.15, 0.2) is 30.3 Å². The van der Waals surface area contributed by atoms with Crippen molar-refractivity contribution in [1.29, 1.82) is 0 Å². The third kappa shape index (κ3) is 4.31. The molecule has 0 bridgehead atoms. The van der Waals surface area contributed by atoms with Crippen LogP contribution in [0.2, 0.25) is 0 Å². The monoisotopic (exact) mass is 324 g/mol. The fourth-order valence-electron chi connectivity index (χ4n) is 3.10. The zero-order valence-electron chi connectivity index (χ0n) is 14.3. The molecule has 0 unspecified atom stereocenters. The lowest BCUT2D eigenvalue weighted by Crippen LogP contribution is -2.23. The van der Waals surface area contributed by atoms with Gasteiger partial charge < -0.3 is 10.6 Å². The van der Waals surface area contributed by atoms with E-state index in [1.165, 1.54) is 32.1 Å². The molecule has 1 aromatic heterocycles. The predicted octanol–water partition coefficient (Wildman–Crippen LogP) is 4.48.